The molecule has 0 spiro atoms. The first kappa shape index (κ1) is 23.3. The highest BCUT2D eigenvalue weighted by molar-refractivity contribution is 7.18. The highest BCUT2D eigenvalue weighted by atomic mass is 35.5. The zero-order valence-corrected chi connectivity index (χ0v) is 20.5. The number of para-hydroxylation sites is 1. The predicted molar refractivity (Wildman–Crippen MR) is 138 cm³/mol. The van der Waals surface area contributed by atoms with Crippen molar-refractivity contribution in [3.8, 4) is 0 Å². The number of nitrogens with one attached hydrogen (secondary N) is 2. The van der Waals surface area contributed by atoms with E-state index in [1.165, 1.54) is 0 Å². The molecule has 9 heteroatoms. The van der Waals surface area contributed by atoms with Crippen molar-refractivity contribution in [2.24, 2.45) is 0 Å². The van der Waals surface area contributed by atoms with Crippen molar-refractivity contribution in [1.29, 1.82) is 0 Å². The highest BCUT2D eigenvalue weighted by Gasteiger charge is 2.20. The largest absolute Gasteiger partial charge is 0.379 e. The number of nitrogens with zero attached hydrogens (tertiary/aromatic N) is 2. The van der Waals surface area contributed by atoms with Crippen molar-refractivity contribution in [1.82, 2.24) is 15.2 Å². The molecule has 34 heavy (non-hydrogen) atoms. The third-order valence-corrected chi connectivity index (χ3v) is 7.44. The van der Waals surface area contributed by atoms with Crippen molar-refractivity contribution in [3.05, 3.63) is 58.1 Å². The number of halogens is 1. The summed E-state index contributed by atoms with van der Waals surface area (Å²) in [7, 11) is 1.63. The Morgan fingerprint density at radius 3 is 2.97 bits per heavy atom. The van der Waals surface area contributed by atoms with E-state index in [0.29, 0.717) is 28.5 Å². The Labute approximate surface area is 207 Å². The number of carbonyl (C=O) groups is 1. The zero-order chi connectivity index (χ0) is 23.5. The molecule has 1 atom stereocenters. The summed E-state index contributed by atoms with van der Waals surface area (Å²) in [4.78, 5) is 19.7. The van der Waals surface area contributed by atoms with E-state index in [1.807, 2.05) is 35.7 Å². The second-order valence-corrected chi connectivity index (χ2v) is 9.58. The van der Waals surface area contributed by atoms with E-state index in [9.17, 15) is 4.79 Å². The van der Waals surface area contributed by atoms with Crippen LogP contribution in [-0.4, -0.2) is 68.4 Å². The molecule has 2 N–H and O–H groups in total. The lowest BCUT2D eigenvalue weighted by Gasteiger charge is -2.27. The average molecular weight is 499 g/mol. The number of rotatable bonds is 7. The van der Waals surface area contributed by atoms with Gasteiger partial charge < -0.3 is 20.1 Å². The number of amides is 1. The number of allylic oxidation sites excluding steroid dienone is 1. The molecular weight excluding hydrogens is 472 g/mol. The SMILES string of the molecule is CNC(=O)c1cccc2c1nc(NC1=CC(OCCN3CCOCC3)CC=C1Cl)c1ccsc12. The minimum atomic E-state index is -0.163. The van der Waals surface area contributed by atoms with Crippen LogP contribution in [0.1, 0.15) is 16.8 Å². The van der Waals surface area contributed by atoms with E-state index < -0.39 is 0 Å². The number of ether oxygens (including phenoxy) is 2. The molecule has 1 amide bonds. The van der Waals surface area contributed by atoms with Gasteiger partial charge in [0.1, 0.15) is 5.82 Å². The van der Waals surface area contributed by atoms with Gasteiger partial charge in [0, 0.05) is 42.2 Å². The Morgan fingerprint density at radius 1 is 1.29 bits per heavy atom. The molecular formula is C25H27ClN4O3S. The Kier molecular flexibility index (Phi) is 7.12. The van der Waals surface area contributed by atoms with Crippen LogP contribution in [-0.2, 0) is 9.47 Å². The lowest BCUT2D eigenvalue weighted by molar-refractivity contribution is 0.0116. The lowest BCUT2D eigenvalue weighted by atomic mass is 10.1. The number of morpholine rings is 1. The van der Waals surface area contributed by atoms with Gasteiger partial charge in [-0.3, -0.25) is 9.69 Å². The Morgan fingerprint density at radius 2 is 2.15 bits per heavy atom. The fraction of sp³-hybridized carbons (Fsp3) is 0.360. The van der Waals surface area contributed by atoms with Gasteiger partial charge in [0.15, 0.2) is 0 Å². The Hall–Kier alpha value is -2.49. The van der Waals surface area contributed by atoms with Crippen molar-refractivity contribution in [2.45, 2.75) is 12.5 Å². The molecule has 1 unspecified atom stereocenters. The average Bonchev–Trinajstić information content (AvgIpc) is 3.37. The van der Waals surface area contributed by atoms with E-state index in [-0.39, 0.29) is 12.0 Å². The van der Waals surface area contributed by atoms with Crippen LogP contribution in [0.4, 0.5) is 5.82 Å². The van der Waals surface area contributed by atoms with Crippen LogP contribution in [0.15, 0.2) is 52.5 Å². The van der Waals surface area contributed by atoms with Crippen molar-refractivity contribution in [2.75, 3.05) is 51.8 Å². The summed E-state index contributed by atoms with van der Waals surface area (Å²) in [6, 6.07) is 7.73. The van der Waals surface area contributed by atoms with Crippen LogP contribution in [0.2, 0.25) is 0 Å². The number of benzene rings is 1. The number of thiophene rings is 1. The molecule has 1 aromatic carbocycles. The Balaban J connectivity index is 1.39. The second kappa shape index (κ2) is 10.4. The van der Waals surface area contributed by atoms with E-state index in [1.54, 1.807) is 24.5 Å². The van der Waals surface area contributed by atoms with Crippen LogP contribution in [0.3, 0.4) is 0 Å². The number of hydrogen-bond acceptors (Lipinski definition) is 7. The maximum absolute atomic E-state index is 12.5. The van der Waals surface area contributed by atoms with E-state index in [4.69, 9.17) is 26.1 Å². The summed E-state index contributed by atoms with van der Waals surface area (Å²) in [6.07, 6.45) is 4.67. The fourth-order valence-corrected chi connectivity index (χ4v) is 5.43. The second-order valence-electron chi connectivity index (χ2n) is 8.26. The van der Waals surface area contributed by atoms with Gasteiger partial charge >= 0.3 is 0 Å². The minimum absolute atomic E-state index is 0.0640. The van der Waals surface area contributed by atoms with Gasteiger partial charge in [-0.1, -0.05) is 29.8 Å². The minimum Gasteiger partial charge on any atom is -0.379 e. The summed E-state index contributed by atoms with van der Waals surface area (Å²) >= 11 is 8.19. The number of hydrogen-bond donors (Lipinski definition) is 2. The van der Waals surface area contributed by atoms with Crippen LogP contribution >= 0.6 is 22.9 Å². The molecule has 1 aliphatic heterocycles. The third kappa shape index (κ3) is 4.82. The van der Waals surface area contributed by atoms with Crippen LogP contribution in [0.25, 0.3) is 21.0 Å². The first-order valence-corrected chi connectivity index (χ1v) is 12.7. The molecule has 0 saturated carbocycles. The summed E-state index contributed by atoms with van der Waals surface area (Å²) in [5, 5.41) is 10.8. The molecule has 0 radical (unpaired) electrons. The molecule has 3 heterocycles. The highest BCUT2D eigenvalue weighted by Crippen LogP contribution is 2.36. The maximum Gasteiger partial charge on any atom is 0.253 e. The van der Waals surface area contributed by atoms with Gasteiger partial charge in [-0.05, 0) is 30.0 Å². The van der Waals surface area contributed by atoms with Crippen molar-refractivity contribution in [3.63, 3.8) is 0 Å². The molecule has 3 aromatic rings. The number of fused-ring (bicyclic) bond motifs is 3. The van der Waals surface area contributed by atoms with E-state index >= 15 is 0 Å². The number of anilines is 1. The van der Waals surface area contributed by atoms with E-state index in [0.717, 1.165) is 60.4 Å². The lowest BCUT2D eigenvalue weighted by Crippen LogP contribution is -2.38. The first-order chi connectivity index (χ1) is 16.6. The predicted octanol–water partition coefficient (Wildman–Crippen LogP) is 4.35. The van der Waals surface area contributed by atoms with Gasteiger partial charge in [-0.2, -0.15) is 0 Å². The van der Waals surface area contributed by atoms with Gasteiger partial charge in [0.25, 0.3) is 5.91 Å². The van der Waals surface area contributed by atoms with Crippen LogP contribution in [0, 0.1) is 0 Å². The molecule has 1 saturated heterocycles. The molecule has 178 valence electrons. The zero-order valence-electron chi connectivity index (χ0n) is 19.0. The van der Waals surface area contributed by atoms with Gasteiger partial charge in [0.2, 0.25) is 0 Å². The summed E-state index contributed by atoms with van der Waals surface area (Å²) in [5.41, 5.74) is 1.97. The fourth-order valence-electron chi connectivity index (χ4n) is 4.30. The van der Waals surface area contributed by atoms with Crippen molar-refractivity contribution >= 4 is 55.7 Å². The van der Waals surface area contributed by atoms with Crippen molar-refractivity contribution < 1.29 is 14.3 Å². The number of aromatic nitrogens is 1. The smallest absolute Gasteiger partial charge is 0.253 e. The molecule has 2 aromatic heterocycles. The van der Waals surface area contributed by atoms with Gasteiger partial charge in [-0.25, -0.2) is 4.98 Å². The standard InChI is InChI=1S/C25H27ClN4O3S/c1-27-25(31)18-4-2-3-17-22(18)29-24(19-7-14-34-23(17)19)28-21-15-16(5-6-20(21)26)33-13-10-30-8-11-32-12-9-30/h2-4,6-7,14-16H,5,8-13H2,1H3,(H,27,31)(H,28,29). The van der Waals surface area contributed by atoms with Gasteiger partial charge in [-0.15, -0.1) is 11.3 Å². The first-order valence-electron chi connectivity index (χ1n) is 11.4. The molecule has 1 fully saturated rings. The number of carbonyl (C=O) groups excluding carboxylic acids is 1. The molecule has 0 bridgehead atoms. The van der Waals surface area contributed by atoms with Crippen LogP contribution in [0.5, 0.6) is 0 Å². The maximum atomic E-state index is 12.5. The molecule has 1 aliphatic carbocycles. The summed E-state index contributed by atoms with van der Waals surface area (Å²) < 4.78 is 12.6. The quantitative estimate of drug-likeness (QED) is 0.504. The topological polar surface area (TPSA) is 75.7 Å². The molecule has 5 rings (SSSR count). The Bertz CT molecular complexity index is 1270. The summed E-state index contributed by atoms with van der Waals surface area (Å²) in [5.74, 6) is 0.510. The number of pyridine rings is 1. The molecule has 7 nitrogen and oxygen atoms in total. The third-order valence-electron chi connectivity index (χ3n) is 6.13. The normalized spacial score (nSPS) is 19.2. The van der Waals surface area contributed by atoms with E-state index in [2.05, 4.69) is 15.5 Å². The monoisotopic (exact) mass is 498 g/mol. The molecule has 2 aliphatic rings. The summed E-state index contributed by atoms with van der Waals surface area (Å²) in [6.45, 7) is 5.01. The van der Waals surface area contributed by atoms with Crippen LogP contribution < -0.4 is 10.6 Å². The van der Waals surface area contributed by atoms with Gasteiger partial charge in [0.05, 0.1) is 47.7 Å².